The Hall–Kier alpha value is -1.62. The quantitative estimate of drug-likeness (QED) is 0.551. The fourth-order valence-corrected chi connectivity index (χ4v) is 3.11. The Kier molecular flexibility index (Phi) is 4.71. The second-order valence-electron chi connectivity index (χ2n) is 5.54. The van der Waals surface area contributed by atoms with Crippen molar-refractivity contribution in [2.45, 2.75) is 37.0 Å². The molecule has 11 heteroatoms. The first-order chi connectivity index (χ1) is 10.5. The van der Waals surface area contributed by atoms with Gasteiger partial charge in [-0.3, -0.25) is 9.35 Å². The Labute approximate surface area is 129 Å². The monoisotopic (exact) mass is 356 g/mol. The van der Waals surface area contributed by atoms with Gasteiger partial charge < -0.3 is 9.47 Å². The van der Waals surface area contributed by atoms with Crippen molar-refractivity contribution in [2.75, 3.05) is 6.61 Å². The van der Waals surface area contributed by atoms with Crippen molar-refractivity contribution < 1.29 is 45.6 Å². The van der Waals surface area contributed by atoms with Crippen molar-refractivity contribution in [1.29, 1.82) is 0 Å². The number of ether oxygens (including phenoxy) is 2. The van der Waals surface area contributed by atoms with Crippen LogP contribution in [0.25, 0.3) is 0 Å². The van der Waals surface area contributed by atoms with Crippen LogP contribution in [-0.2, 0) is 34.0 Å². The highest BCUT2D eigenvalue weighted by Gasteiger charge is 2.54. The van der Waals surface area contributed by atoms with Crippen LogP contribution in [0.3, 0.4) is 0 Å². The number of Topliss-reactive ketones (excluding diaryl/α,β-unsaturated/α-hetero) is 1. The molecule has 130 valence electrons. The summed E-state index contributed by atoms with van der Waals surface area (Å²) in [6, 6.07) is 0. The molecule has 3 atom stereocenters. The number of esters is 2. The lowest BCUT2D eigenvalue weighted by atomic mass is 9.87. The van der Waals surface area contributed by atoms with Crippen molar-refractivity contribution in [1.82, 2.24) is 0 Å². The van der Waals surface area contributed by atoms with Crippen molar-refractivity contribution in [3.63, 3.8) is 0 Å². The zero-order valence-electron chi connectivity index (χ0n) is 11.7. The first-order valence-corrected chi connectivity index (χ1v) is 8.20. The molecule has 2 saturated carbocycles. The molecule has 23 heavy (non-hydrogen) atoms. The molecule has 0 radical (unpaired) electrons. The van der Waals surface area contributed by atoms with E-state index in [0.717, 1.165) is 0 Å². The normalized spacial score (nSPS) is 27.6. The fourth-order valence-electron chi connectivity index (χ4n) is 2.84. The van der Waals surface area contributed by atoms with Crippen LogP contribution in [-0.4, -0.2) is 48.7 Å². The molecule has 0 aliphatic heterocycles. The third-order valence-corrected chi connectivity index (χ3v) is 4.81. The van der Waals surface area contributed by atoms with Gasteiger partial charge in [0, 0.05) is 18.3 Å². The van der Waals surface area contributed by atoms with E-state index in [1.54, 1.807) is 0 Å². The van der Waals surface area contributed by atoms with Crippen LogP contribution >= 0.6 is 0 Å². The number of hydrogen-bond donors (Lipinski definition) is 1. The van der Waals surface area contributed by atoms with E-state index in [-0.39, 0.29) is 24.0 Å². The summed E-state index contributed by atoms with van der Waals surface area (Å²) in [5.41, 5.74) is 0. The highest BCUT2D eigenvalue weighted by atomic mass is 32.2. The summed E-state index contributed by atoms with van der Waals surface area (Å²) in [4.78, 5) is 34.0. The molecular weight excluding hydrogens is 342 g/mol. The van der Waals surface area contributed by atoms with Crippen molar-refractivity contribution in [2.24, 2.45) is 11.8 Å². The van der Waals surface area contributed by atoms with E-state index in [1.807, 2.05) is 0 Å². The number of rotatable bonds is 5. The zero-order chi connectivity index (χ0) is 17.4. The van der Waals surface area contributed by atoms with Gasteiger partial charge in [-0.2, -0.15) is 17.2 Å². The summed E-state index contributed by atoms with van der Waals surface area (Å²) < 4.78 is 63.5. The lowest BCUT2D eigenvalue weighted by Crippen LogP contribution is -2.40. The highest BCUT2D eigenvalue weighted by molar-refractivity contribution is 7.87. The largest absolute Gasteiger partial charge is 0.465 e. The minimum atomic E-state index is -5.99. The molecule has 0 heterocycles. The van der Waals surface area contributed by atoms with Gasteiger partial charge in [0.05, 0.1) is 0 Å². The average Bonchev–Trinajstić information content (AvgIpc) is 2.74. The number of halogens is 2. The molecule has 0 aromatic heterocycles. The molecule has 3 unspecified atom stereocenters. The number of ketones is 1. The zero-order valence-corrected chi connectivity index (χ0v) is 12.6. The van der Waals surface area contributed by atoms with Crippen LogP contribution in [0.2, 0.25) is 0 Å². The Balaban J connectivity index is 1.84. The first-order valence-electron chi connectivity index (χ1n) is 6.76. The third kappa shape index (κ3) is 3.66. The van der Waals surface area contributed by atoms with Gasteiger partial charge in [0.1, 0.15) is 11.9 Å². The summed E-state index contributed by atoms with van der Waals surface area (Å²) in [6.07, 6.45) is 1.32. The number of carbonyl (C=O) groups excluding carboxylic acids is 3. The molecule has 2 rings (SSSR count). The number of hydrogen-bond acceptors (Lipinski definition) is 7. The third-order valence-electron chi connectivity index (χ3n) is 4.00. The van der Waals surface area contributed by atoms with Crippen LogP contribution < -0.4 is 0 Å². The van der Waals surface area contributed by atoms with E-state index in [0.29, 0.717) is 19.3 Å². The summed E-state index contributed by atoms with van der Waals surface area (Å²) in [5, 5.41) is -5.16. The smallest absolute Gasteiger partial charge is 0.460 e. The maximum atomic E-state index is 12.9. The molecule has 0 spiro atoms. The van der Waals surface area contributed by atoms with Gasteiger partial charge in [0.15, 0.2) is 6.61 Å². The Morgan fingerprint density at radius 2 is 1.96 bits per heavy atom. The molecule has 8 nitrogen and oxygen atoms in total. The van der Waals surface area contributed by atoms with Crippen molar-refractivity contribution in [3.05, 3.63) is 0 Å². The lowest BCUT2D eigenvalue weighted by molar-refractivity contribution is -0.173. The van der Waals surface area contributed by atoms with E-state index in [9.17, 15) is 31.6 Å². The fraction of sp³-hybridized carbons (Fsp3) is 0.750. The maximum absolute atomic E-state index is 12.9. The van der Waals surface area contributed by atoms with Gasteiger partial charge in [-0.1, -0.05) is 0 Å². The highest BCUT2D eigenvalue weighted by Crippen LogP contribution is 2.41. The second kappa shape index (κ2) is 6.11. The Bertz CT molecular complexity index is 629. The summed E-state index contributed by atoms with van der Waals surface area (Å²) >= 11 is 0. The molecule has 0 amide bonds. The van der Waals surface area contributed by atoms with Gasteiger partial charge in [0.2, 0.25) is 0 Å². The molecule has 2 bridgehead atoms. The number of fused-ring (bicyclic) bond motifs is 2. The summed E-state index contributed by atoms with van der Waals surface area (Å²) in [7, 11) is -5.99. The van der Waals surface area contributed by atoms with Crippen LogP contribution in [0, 0.1) is 11.8 Å². The first kappa shape index (κ1) is 17.7. The van der Waals surface area contributed by atoms with Crippen LogP contribution in [0.15, 0.2) is 0 Å². The van der Waals surface area contributed by atoms with Gasteiger partial charge in [-0.25, -0.2) is 9.59 Å². The number of alkyl halides is 2. The van der Waals surface area contributed by atoms with Gasteiger partial charge >= 0.3 is 27.3 Å². The Morgan fingerprint density at radius 3 is 2.57 bits per heavy atom. The summed E-state index contributed by atoms with van der Waals surface area (Å²) in [6.45, 7) is -1.22. The molecule has 2 fully saturated rings. The predicted molar refractivity (Wildman–Crippen MR) is 67.8 cm³/mol. The minimum absolute atomic E-state index is 0.0266. The topological polar surface area (TPSA) is 124 Å². The van der Waals surface area contributed by atoms with E-state index >= 15 is 0 Å². The van der Waals surface area contributed by atoms with Crippen molar-refractivity contribution >= 4 is 27.8 Å². The molecule has 0 aromatic rings. The van der Waals surface area contributed by atoms with E-state index in [1.165, 1.54) is 0 Å². The molecular formula is C12H14F2O8S. The summed E-state index contributed by atoms with van der Waals surface area (Å²) in [5.74, 6) is -3.77. The van der Waals surface area contributed by atoms with E-state index in [2.05, 4.69) is 4.74 Å². The van der Waals surface area contributed by atoms with E-state index in [4.69, 9.17) is 9.29 Å². The Morgan fingerprint density at radius 1 is 1.30 bits per heavy atom. The van der Waals surface area contributed by atoms with Crippen LogP contribution in [0.1, 0.15) is 25.7 Å². The molecule has 2 aliphatic carbocycles. The van der Waals surface area contributed by atoms with Crippen molar-refractivity contribution in [3.8, 4) is 0 Å². The second-order valence-corrected chi connectivity index (χ2v) is 7.00. The SMILES string of the molecule is O=C(COC(=O)C(F)(F)S(=O)(=O)O)OC1CCC2CC1CC2=O. The molecule has 0 aromatic carbocycles. The van der Waals surface area contributed by atoms with Gasteiger partial charge in [0.25, 0.3) is 0 Å². The maximum Gasteiger partial charge on any atom is 0.465 e. The predicted octanol–water partition coefficient (Wildman–Crippen LogP) is 0.311. The van der Waals surface area contributed by atoms with Crippen LogP contribution in [0.4, 0.5) is 8.78 Å². The van der Waals surface area contributed by atoms with E-state index < -0.39 is 40.0 Å². The average molecular weight is 356 g/mol. The lowest BCUT2D eigenvalue weighted by Gasteiger charge is -2.27. The molecule has 1 N–H and O–H groups in total. The minimum Gasteiger partial charge on any atom is -0.460 e. The number of carbonyl (C=O) groups is 3. The molecule has 0 saturated heterocycles. The molecule has 2 aliphatic rings. The van der Waals surface area contributed by atoms with Crippen LogP contribution in [0.5, 0.6) is 0 Å². The van der Waals surface area contributed by atoms with Gasteiger partial charge in [-0.15, -0.1) is 0 Å². The standard InChI is InChI=1S/C12H14F2O8S/c13-12(14,23(18,19)20)11(17)21-5-10(16)22-9-2-1-6-3-7(9)4-8(6)15/h6-7,9H,1-5H2,(H,18,19,20). The van der Waals surface area contributed by atoms with Gasteiger partial charge in [-0.05, 0) is 19.3 Å².